The van der Waals surface area contributed by atoms with Crippen LogP contribution in [-0.4, -0.2) is 28.9 Å². The summed E-state index contributed by atoms with van der Waals surface area (Å²) in [6, 6.07) is 13.7. The molecule has 5 heteroatoms. The molecule has 31 heavy (non-hydrogen) atoms. The molecule has 1 saturated heterocycles. The van der Waals surface area contributed by atoms with Crippen molar-refractivity contribution in [3.8, 4) is 5.69 Å². The number of benzene rings is 2. The number of ether oxygens (including phenoxy) is 1. The van der Waals surface area contributed by atoms with Crippen LogP contribution in [0.1, 0.15) is 61.3 Å². The maximum Gasteiger partial charge on any atom is 0.309 e. The van der Waals surface area contributed by atoms with Gasteiger partial charge in [-0.1, -0.05) is 18.2 Å². The van der Waals surface area contributed by atoms with E-state index in [9.17, 15) is 14.3 Å². The number of halogens is 1. The summed E-state index contributed by atoms with van der Waals surface area (Å²) in [7, 11) is 0. The van der Waals surface area contributed by atoms with Crippen LogP contribution >= 0.6 is 0 Å². The van der Waals surface area contributed by atoms with Crippen LogP contribution in [-0.2, 0) is 9.53 Å². The minimum absolute atomic E-state index is 0.204. The Balaban J connectivity index is 1.74. The number of carboxylic acids is 1. The monoisotopic (exact) mass is 421 g/mol. The van der Waals surface area contributed by atoms with Gasteiger partial charge in [-0.2, -0.15) is 0 Å². The highest BCUT2D eigenvalue weighted by Gasteiger charge is 2.49. The summed E-state index contributed by atoms with van der Waals surface area (Å²) in [6.45, 7) is 5.10. The third kappa shape index (κ3) is 3.26. The topological polar surface area (TPSA) is 51.5 Å². The second kappa shape index (κ2) is 7.49. The van der Waals surface area contributed by atoms with Gasteiger partial charge in [-0.15, -0.1) is 0 Å². The number of aliphatic carboxylic acids is 1. The molecule has 162 valence electrons. The van der Waals surface area contributed by atoms with Crippen LogP contribution in [0.2, 0.25) is 0 Å². The van der Waals surface area contributed by atoms with Gasteiger partial charge in [-0.3, -0.25) is 4.79 Å². The van der Waals surface area contributed by atoms with Crippen molar-refractivity contribution in [2.75, 3.05) is 13.2 Å². The molecule has 0 radical (unpaired) electrons. The predicted molar refractivity (Wildman–Crippen MR) is 118 cm³/mol. The first-order chi connectivity index (χ1) is 14.9. The Kier molecular flexibility index (Phi) is 4.89. The average molecular weight is 422 g/mol. The third-order valence-electron chi connectivity index (χ3n) is 7.28. The van der Waals surface area contributed by atoms with Gasteiger partial charge in [-0.05, 0) is 80.8 Å². The van der Waals surface area contributed by atoms with Crippen LogP contribution in [0.25, 0.3) is 16.6 Å². The lowest BCUT2D eigenvalue weighted by molar-refractivity contribution is -0.154. The Hall–Kier alpha value is -2.66. The van der Waals surface area contributed by atoms with E-state index in [1.807, 2.05) is 25.1 Å². The van der Waals surface area contributed by atoms with Gasteiger partial charge in [0, 0.05) is 35.9 Å². The number of para-hydroxylation sites is 1. The quantitative estimate of drug-likeness (QED) is 0.567. The number of carbonyl (C=O) groups is 1. The zero-order valence-corrected chi connectivity index (χ0v) is 18.0. The van der Waals surface area contributed by atoms with Crippen molar-refractivity contribution in [1.29, 1.82) is 0 Å². The molecule has 5 rings (SSSR count). The van der Waals surface area contributed by atoms with E-state index in [1.54, 1.807) is 6.92 Å². The molecular weight excluding hydrogens is 393 g/mol. The van der Waals surface area contributed by atoms with Crippen molar-refractivity contribution < 1.29 is 19.0 Å². The average Bonchev–Trinajstić information content (AvgIpc) is 3.09. The molecule has 0 atom stereocenters. The zero-order chi connectivity index (χ0) is 21.8. The van der Waals surface area contributed by atoms with Crippen LogP contribution in [0.5, 0.6) is 0 Å². The summed E-state index contributed by atoms with van der Waals surface area (Å²) < 4.78 is 22.0. The van der Waals surface area contributed by atoms with E-state index in [4.69, 9.17) is 4.74 Å². The normalized spacial score (nSPS) is 24.3. The van der Waals surface area contributed by atoms with Gasteiger partial charge in [0.1, 0.15) is 5.82 Å². The Morgan fingerprint density at radius 3 is 2.52 bits per heavy atom. The summed E-state index contributed by atoms with van der Waals surface area (Å²) >= 11 is 0. The molecule has 0 unspecified atom stereocenters. The van der Waals surface area contributed by atoms with Gasteiger partial charge >= 0.3 is 5.97 Å². The van der Waals surface area contributed by atoms with Crippen molar-refractivity contribution in [3.63, 3.8) is 0 Å². The molecule has 1 aliphatic heterocycles. The molecule has 1 aliphatic carbocycles. The molecule has 0 spiro atoms. The molecule has 1 aromatic heterocycles. The summed E-state index contributed by atoms with van der Waals surface area (Å²) in [5.41, 5.74) is 4.57. The fourth-order valence-corrected chi connectivity index (χ4v) is 5.54. The highest BCUT2D eigenvalue weighted by Crippen LogP contribution is 2.55. The van der Waals surface area contributed by atoms with E-state index >= 15 is 0 Å². The molecular formula is C26H28FNO3. The number of aryl methyl sites for hydroxylation is 1. The highest BCUT2D eigenvalue weighted by molar-refractivity contribution is 5.89. The smallest absolute Gasteiger partial charge is 0.309 e. The zero-order valence-electron chi connectivity index (χ0n) is 18.0. The van der Waals surface area contributed by atoms with E-state index < -0.39 is 11.4 Å². The largest absolute Gasteiger partial charge is 0.481 e. The fourth-order valence-electron chi connectivity index (χ4n) is 5.54. The Bertz CT molecular complexity index is 1150. The summed E-state index contributed by atoms with van der Waals surface area (Å²) in [4.78, 5) is 11.8. The van der Waals surface area contributed by atoms with Crippen LogP contribution in [0.3, 0.4) is 0 Å². The first kappa shape index (κ1) is 20.3. The SMILES string of the molecule is Cc1cc(-n2c(C3CCOCC3)c(C3CC(C)(C(=O)O)C3)c3ccccc32)ccc1F. The molecule has 2 aromatic carbocycles. The minimum Gasteiger partial charge on any atom is -0.481 e. The number of hydrogen-bond acceptors (Lipinski definition) is 2. The molecule has 4 nitrogen and oxygen atoms in total. The lowest BCUT2D eigenvalue weighted by Crippen LogP contribution is -2.40. The first-order valence-corrected chi connectivity index (χ1v) is 11.1. The molecule has 2 heterocycles. The Morgan fingerprint density at radius 1 is 1.13 bits per heavy atom. The maximum atomic E-state index is 14.1. The number of aromatic nitrogens is 1. The number of rotatable bonds is 4. The maximum absolute atomic E-state index is 14.1. The highest BCUT2D eigenvalue weighted by atomic mass is 19.1. The second-order valence-corrected chi connectivity index (χ2v) is 9.44. The predicted octanol–water partition coefficient (Wildman–Crippen LogP) is 5.94. The van der Waals surface area contributed by atoms with E-state index in [2.05, 4.69) is 22.8 Å². The van der Waals surface area contributed by atoms with Crippen molar-refractivity contribution in [2.24, 2.45) is 5.41 Å². The number of nitrogens with zero attached hydrogens (tertiary/aromatic N) is 1. The number of fused-ring (bicyclic) bond motifs is 1. The Morgan fingerprint density at radius 2 is 1.84 bits per heavy atom. The van der Waals surface area contributed by atoms with Crippen molar-refractivity contribution >= 4 is 16.9 Å². The van der Waals surface area contributed by atoms with E-state index in [0.717, 1.165) is 37.3 Å². The van der Waals surface area contributed by atoms with Gasteiger partial charge in [0.25, 0.3) is 0 Å². The molecule has 2 aliphatic rings. The fraction of sp³-hybridized carbons (Fsp3) is 0.423. The van der Waals surface area contributed by atoms with Crippen LogP contribution in [0, 0.1) is 18.2 Å². The Labute approximate surface area is 181 Å². The van der Waals surface area contributed by atoms with Crippen molar-refractivity contribution in [1.82, 2.24) is 4.57 Å². The molecule has 1 N–H and O–H groups in total. The standard InChI is InChI=1S/C26H28FNO3/c1-16-13-19(7-8-21(16)27)28-22-6-4-3-5-20(22)23(18-14-26(2,15-18)25(29)30)24(28)17-9-11-31-12-10-17/h3-8,13,17-18H,9-12,14-15H2,1-2H3,(H,29,30). The molecule has 0 amide bonds. The minimum atomic E-state index is -0.714. The molecule has 0 bridgehead atoms. The van der Waals surface area contributed by atoms with E-state index in [0.29, 0.717) is 24.3 Å². The summed E-state index contributed by atoms with van der Waals surface area (Å²) in [6.07, 6.45) is 3.17. The van der Waals surface area contributed by atoms with Crippen LogP contribution in [0.15, 0.2) is 42.5 Å². The molecule has 2 fully saturated rings. The van der Waals surface area contributed by atoms with Crippen molar-refractivity contribution in [2.45, 2.75) is 51.4 Å². The van der Waals surface area contributed by atoms with Crippen LogP contribution < -0.4 is 0 Å². The first-order valence-electron chi connectivity index (χ1n) is 11.1. The third-order valence-corrected chi connectivity index (χ3v) is 7.28. The molecule has 1 saturated carbocycles. The lowest BCUT2D eigenvalue weighted by Gasteiger charge is -2.43. The number of carboxylic acid groups (broad SMARTS) is 1. The van der Waals surface area contributed by atoms with Gasteiger partial charge in [-0.25, -0.2) is 4.39 Å². The molecule has 3 aromatic rings. The van der Waals surface area contributed by atoms with Gasteiger partial charge in [0.2, 0.25) is 0 Å². The summed E-state index contributed by atoms with van der Waals surface area (Å²) in [5.74, 6) is -0.372. The summed E-state index contributed by atoms with van der Waals surface area (Å²) in [5, 5.41) is 10.9. The van der Waals surface area contributed by atoms with Crippen molar-refractivity contribution in [3.05, 3.63) is 65.1 Å². The van der Waals surface area contributed by atoms with E-state index in [1.165, 1.54) is 22.7 Å². The number of hydrogen-bond donors (Lipinski definition) is 1. The van der Waals surface area contributed by atoms with E-state index in [-0.39, 0.29) is 11.7 Å². The van der Waals surface area contributed by atoms with Gasteiger partial charge < -0.3 is 14.4 Å². The lowest BCUT2D eigenvalue weighted by atomic mass is 9.60. The second-order valence-electron chi connectivity index (χ2n) is 9.44. The van der Waals surface area contributed by atoms with Gasteiger partial charge in [0.15, 0.2) is 0 Å². The van der Waals surface area contributed by atoms with Gasteiger partial charge in [0.05, 0.1) is 10.9 Å². The van der Waals surface area contributed by atoms with Crippen LogP contribution in [0.4, 0.5) is 4.39 Å².